The van der Waals surface area contributed by atoms with E-state index >= 15 is 0 Å². The van der Waals surface area contributed by atoms with Crippen LogP contribution in [0.1, 0.15) is 39.0 Å². The lowest BCUT2D eigenvalue weighted by Gasteiger charge is -2.24. The van der Waals surface area contributed by atoms with Crippen LogP contribution in [0, 0.1) is 13.8 Å². The average molecular weight is 526 g/mol. The van der Waals surface area contributed by atoms with Crippen LogP contribution in [-0.4, -0.2) is 44.9 Å². The van der Waals surface area contributed by atoms with Gasteiger partial charge in [-0.15, -0.1) is 10.2 Å². The van der Waals surface area contributed by atoms with E-state index in [2.05, 4.69) is 35.2 Å². The summed E-state index contributed by atoms with van der Waals surface area (Å²) in [6.07, 6.45) is 3.70. The molecular formula is C26H32ClN5O3Si. The molecule has 0 aliphatic heterocycles. The zero-order valence-corrected chi connectivity index (χ0v) is 23.0. The molecule has 0 fully saturated rings. The number of pyridine rings is 1. The highest BCUT2D eigenvalue weighted by molar-refractivity contribution is 6.76. The van der Waals surface area contributed by atoms with E-state index in [1.165, 1.54) is 0 Å². The number of aromatic nitrogens is 4. The van der Waals surface area contributed by atoms with Crippen molar-refractivity contribution in [1.29, 1.82) is 0 Å². The molecule has 8 nitrogen and oxygen atoms in total. The zero-order valence-electron chi connectivity index (χ0n) is 21.2. The minimum absolute atomic E-state index is 0.217. The number of ether oxygens (including phenoxy) is 1. The summed E-state index contributed by atoms with van der Waals surface area (Å²) in [5.41, 5.74) is 4.25. The Labute approximate surface area is 216 Å². The maximum absolute atomic E-state index is 12.3. The fourth-order valence-corrected chi connectivity index (χ4v) is 5.00. The third-order valence-electron chi connectivity index (χ3n) is 6.11. The number of nitrogens with zero attached hydrogens (tertiary/aromatic N) is 4. The van der Waals surface area contributed by atoms with E-state index in [9.17, 15) is 9.90 Å². The molecule has 0 saturated heterocycles. The van der Waals surface area contributed by atoms with E-state index in [4.69, 9.17) is 16.3 Å². The molecule has 0 aliphatic rings. The van der Waals surface area contributed by atoms with Gasteiger partial charge in [0.1, 0.15) is 12.6 Å². The van der Waals surface area contributed by atoms with Gasteiger partial charge in [0.15, 0.2) is 5.65 Å². The maximum Gasteiger partial charge on any atom is 0.337 e. The van der Waals surface area contributed by atoms with Gasteiger partial charge in [0.25, 0.3) is 0 Å². The molecule has 0 radical (unpaired) electrons. The van der Waals surface area contributed by atoms with Gasteiger partial charge in [-0.05, 0) is 55.3 Å². The standard InChI is InChI=1S/C26H32ClN5O3Si/c1-17-14-21(15-32-18(2)29-30-25(17)32)28-23(19-6-8-20(27)9-7-19)24-22(26(33)34)10-11-31(24)16-35-12-13-36(3,4)5/h6-11,14-15,23,28H,12-13,16H2,1-5H3,(H,33,34). The SMILES string of the molecule is Cc1cc(NC(c2ccc(Cl)cc2)c2c(C(=O)O)ccn2COCC[Si](C)(C)C)cn2c(C)nnc12. The van der Waals surface area contributed by atoms with Gasteiger partial charge in [0.05, 0.1) is 23.0 Å². The topological polar surface area (TPSA) is 93.7 Å². The number of benzene rings is 1. The highest BCUT2D eigenvalue weighted by Crippen LogP contribution is 2.32. The molecule has 1 unspecified atom stereocenters. The van der Waals surface area contributed by atoms with Crippen LogP contribution in [-0.2, 0) is 11.5 Å². The molecule has 190 valence electrons. The second-order valence-electron chi connectivity index (χ2n) is 10.2. The van der Waals surface area contributed by atoms with Crippen LogP contribution in [0.5, 0.6) is 0 Å². The van der Waals surface area contributed by atoms with Gasteiger partial charge in [-0.25, -0.2) is 4.79 Å². The Morgan fingerprint density at radius 3 is 2.56 bits per heavy atom. The fraction of sp³-hybridized carbons (Fsp3) is 0.346. The predicted octanol–water partition coefficient (Wildman–Crippen LogP) is 6.01. The minimum atomic E-state index is -1.25. The van der Waals surface area contributed by atoms with Crippen molar-refractivity contribution in [3.8, 4) is 0 Å². The van der Waals surface area contributed by atoms with Crippen molar-refractivity contribution in [2.24, 2.45) is 0 Å². The van der Waals surface area contributed by atoms with Crippen LogP contribution < -0.4 is 5.32 Å². The first-order valence-corrected chi connectivity index (χ1v) is 16.0. The predicted molar refractivity (Wildman–Crippen MR) is 145 cm³/mol. The number of hydrogen-bond acceptors (Lipinski definition) is 5. The number of nitrogens with one attached hydrogen (secondary N) is 1. The van der Waals surface area contributed by atoms with Crippen LogP contribution in [0.2, 0.25) is 30.7 Å². The van der Waals surface area contributed by atoms with Gasteiger partial charge >= 0.3 is 5.97 Å². The lowest BCUT2D eigenvalue weighted by molar-refractivity contribution is 0.0691. The Morgan fingerprint density at radius 2 is 1.89 bits per heavy atom. The third-order valence-corrected chi connectivity index (χ3v) is 8.07. The van der Waals surface area contributed by atoms with Crippen LogP contribution in [0.4, 0.5) is 5.69 Å². The summed E-state index contributed by atoms with van der Waals surface area (Å²) in [6.45, 7) is 11.7. The van der Waals surface area contributed by atoms with Gasteiger partial charge in [0.2, 0.25) is 0 Å². The van der Waals surface area contributed by atoms with Crippen LogP contribution >= 0.6 is 11.6 Å². The Morgan fingerprint density at radius 1 is 1.17 bits per heavy atom. The zero-order chi connectivity index (χ0) is 26.0. The van der Waals surface area contributed by atoms with Crippen molar-refractivity contribution in [2.45, 2.75) is 52.3 Å². The van der Waals surface area contributed by atoms with Crippen molar-refractivity contribution in [2.75, 3.05) is 11.9 Å². The van der Waals surface area contributed by atoms with Crippen molar-refractivity contribution in [3.05, 3.63) is 82.0 Å². The smallest absolute Gasteiger partial charge is 0.337 e. The number of fused-ring (bicyclic) bond motifs is 1. The summed E-state index contributed by atoms with van der Waals surface area (Å²) in [4.78, 5) is 12.3. The molecule has 3 aromatic heterocycles. The number of anilines is 1. The molecule has 0 spiro atoms. The Kier molecular flexibility index (Phi) is 7.53. The molecule has 36 heavy (non-hydrogen) atoms. The van der Waals surface area contributed by atoms with Crippen LogP contribution in [0.25, 0.3) is 5.65 Å². The van der Waals surface area contributed by atoms with Gasteiger partial charge < -0.3 is 19.7 Å². The summed E-state index contributed by atoms with van der Waals surface area (Å²) in [5, 5.41) is 22.6. The second kappa shape index (κ2) is 10.5. The van der Waals surface area contributed by atoms with Gasteiger partial charge in [-0.1, -0.05) is 43.4 Å². The average Bonchev–Trinajstić information content (AvgIpc) is 3.39. The van der Waals surface area contributed by atoms with Crippen molar-refractivity contribution in [1.82, 2.24) is 19.2 Å². The molecule has 1 atom stereocenters. The van der Waals surface area contributed by atoms with Gasteiger partial charge in [-0.3, -0.25) is 4.40 Å². The highest BCUT2D eigenvalue weighted by Gasteiger charge is 2.26. The normalized spacial score (nSPS) is 12.7. The number of rotatable bonds is 10. The first-order valence-electron chi connectivity index (χ1n) is 11.9. The number of carboxylic acid groups (broad SMARTS) is 1. The summed E-state index contributed by atoms with van der Waals surface area (Å²) < 4.78 is 9.80. The quantitative estimate of drug-likeness (QED) is 0.194. The van der Waals surface area contributed by atoms with E-state index in [1.807, 2.05) is 59.3 Å². The summed E-state index contributed by atoms with van der Waals surface area (Å²) >= 11 is 6.17. The molecule has 10 heteroatoms. The number of hydrogen-bond donors (Lipinski definition) is 2. The van der Waals surface area contributed by atoms with Crippen molar-refractivity contribution in [3.63, 3.8) is 0 Å². The van der Waals surface area contributed by atoms with Gasteiger partial charge in [-0.2, -0.15) is 0 Å². The number of aryl methyl sites for hydroxylation is 2. The first-order chi connectivity index (χ1) is 17.0. The van der Waals surface area contributed by atoms with Crippen molar-refractivity contribution < 1.29 is 14.6 Å². The molecule has 0 saturated carbocycles. The number of carbonyl (C=O) groups is 1. The third kappa shape index (κ3) is 5.80. The minimum Gasteiger partial charge on any atom is -0.478 e. The number of aromatic carboxylic acids is 1. The monoisotopic (exact) mass is 525 g/mol. The Bertz CT molecular complexity index is 1370. The highest BCUT2D eigenvalue weighted by atomic mass is 35.5. The second-order valence-corrected chi connectivity index (χ2v) is 16.3. The van der Waals surface area contributed by atoms with Gasteiger partial charge in [0, 0.05) is 32.1 Å². The van der Waals surface area contributed by atoms with E-state index < -0.39 is 20.1 Å². The fourth-order valence-electron chi connectivity index (χ4n) is 4.12. The first kappa shape index (κ1) is 25.9. The molecule has 4 aromatic rings. The summed E-state index contributed by atoms with van der Waals surface area (Å²) in [5.74, 6) is -0.224. The van der Waals surface area contributed by atoms with E-state index in [0.717, 1.165) is 34.3 Å². The molecule has 3 heterocycles. The van der Waals surface area contributed by atoms with E-state index in [1.54, 1.807) is 12.3 Å². The molecule has 0 amide bonds. The number of carboxylic acids is 1. The van der Waals surface area contributed by atoms with Crippen LogP contribution in [0.3, 0.4) is 0 Å². The Balaban J connectivity index is 1.76. The maximum atomic E-state index is 12.3. The molecule has 1 aromatic carbocycles. The molecule has 2 N–H and O–H groups in total. The Hall–Kier alpha value is -3.14. The lowest BCUT2D eigenvalue weighted by atomic mass is 10.00. The number of halogens is 1. The molecule has 4 rings (SSSR count). The van der Waals surface area contributed by atoms with E-state index in [0.29, 0.717) is 17.3 Å². The summed E-state index contributed by atoms with van der Waals surface area (Å²) in [7, 11) is -1.25. The summed E-state index contributed by atoms with van der Waals surface area (Å²) in [6, 6.07) is 11.6. The molecule has 0 aliphatic carbocycles. The molecule has 0 bridgehead atoms. The largest absolute Gasteiger partial charge is 0.478 e. The van der Waals surface area contributed by atoms with Crippen molar-refractivity contribution >= 4 is 37.0 Å². The van der Waals surface area contributed by atoms with Crippen LogP contribution in [0.15, 0.2) is 48.8 Å². The van der Waals surface area contributed by atoms with E-state index in [-0.39, 0.29) is 12.3 Å². The lowest BCUT2D eigenvalue weighted by Crippen LogP contribution is -2.23. The molecular weight excluding hydrogens is 494 g/mol.